The summed E-state index contributed by atoms with van der Waals surface area (Å²) in [6, 6.07) is 6.36. The fourth-order valence-corrected chi connectivity index (χ4v) is 3.36. The lowest BCUT2D eigenvalue weighted by Gasteiger charge is -2.25. The van der Waals surface area contributed by atoms with Crippen LogP contribution in [0.15, 0.2) is 40.3 Å². The predicted molar refractivity (Wildman–Crippen MR) is 91.7 cm³/mol. The predicted octanol–water partition coefficient (Wildman–Crippen LogP) is 2.22. The lowest BCUT2D eigenvalue weighted by Crippen LogP contribution is -2.28. The number of ether oxygens (including phenoxy) is 2. The Morgan fingerprint density at radius 3 is 2.28 bits per heavy atom. The number of benzene rings is 1. The Morgan fingerprint density at radius 1 is 1.20 bits per heavy atom. The number of rotatable bonds is 6. The van der Waals surface area contributed by atoms with E-state index in [1.165, 1.54) is 12.1 Å². The molecule has 1 aliphatic heterocycles. The molecule has 0 saturated carbocycles. The first-order valence-corrected chi connectivity index (χ1v) is 9.94. The molecule has 0 fully saturated rings. The van der Waals surface area contributed by atoms with Crippen LogP contribution in [0.25, 0.3) is 0 Å². The fourth-order valence-electron chi connectivity index (χ4n) is 2.73. The number of cyclic esters (lactones) is 1. The normalized spacial score (nSPS) is 20.6. The van der Waals surface area contributed by atoms with Crippen molar-refractivity contribution < 1.29 is 27.5 Å². The summed E-state index contributed by atoms with van der Waals surface area (Å²) in [7, 11) is -3.28. The molecular weight excluding hydrogens is 344 g/mol. The van der Waals surface area contributed by atoms with Crippen LogP contribution in [0.4, 0.5) is 0 Å². The average Bonchev–Trinajstić information content (AvgIpc) is 2.78. The van der Waals surface area contributed by atoms with E-state index in [1.54, 1.807) is 26.0 Å². The number of carbonyl (C=O) groups is 2. The van der Waals surface area contributed by atoms with Gasteiger partial charge >= 0.3 is 11.9 Å². The molecule has 0 N–H and O–H groups in total. The second-order valence-corrected chi connectivity index (χ2v) is 8.16. The molecule has 1 aromatic rings. The van der Waals surface area contributed by atoms with Crippen molar-refractivity contribution in [3.63, 3.8) is 0 Å². The Labute approximate surface area is 147 Å². The van der Waals surface area contributed by atoms with E-state index in [4.69, 9.17) is 9.47 Å². The van der Waals surface area contributed by atoms with Gasteiger partial charge in [0, 0.05) is 6.26 Å². The second kappa shape index (κ2) is 7.00. The van der Waals surface area contributed by atoms with Crippen molar-refractivity contribution >= 4 is 21.8 Å². The minimum atomic E-state index is -3.28. The fraction of sp³-hybridized carbons (Fsp3) is 0.444. The molecule has 25 heavy (non-hydrogen) atoms. The number of hydrogen-bond acceptors (Lipinski definition) is 6. The van der Waals surface area contributed by atoms with Gasteiger partial charge in [-0.3, -0.25) is 0 Å². The Balaban J connectivity index is 2.43. The first kappa shape index (κ1) is 19.2. The van der Waals surface area contributed by atoms with E-state index in [0.717, 1.165) is 11.8 Å². The zero-order chi connectivity index (χ0) is 18.8. The van der Waals surface area contributed by atoms with Crippen molar-refractivity contribution in [2.24, 2.45) is 0 Å². The minimum absolute atomic E-state index is 0.0570. The SMILES string of the molecule is CCOC(=O)C1=C(Cc2ccc(S(C)(=O)=O)cc2)C(C)(CC)OC1=O. The molecular formula is C18H22O6S. The Hall–Kier alpha value is -2.15. The van der Waals surface area contributed by atoms with Crippen molar-refractivity contribution in [2.75, 3.05) is 12.9 Å². The molecule has 1 atom stereocenters. The van der Waals surface area contributed by atoms with Gasteiger partial charge in [-0.2, -0.15) is 0 Å². The third-order valence-electron chi connectivity index (χ3n) is 4.35. The largest absolute Gasteiger partial charge is 0.462 e. The number of carbonyl (C=O) groups excluding carboxylic acids is 2. The van der Waals surface area contributed by atoms with Crippen LogP contribution in [-0.2, 0) is 35.3 Å². The van der Waals surface area contributed by atoms with Gasteiger partial charge in [0.15, 0.2) is 9.84 Å². The Morgan fingerprint density at radius 2 is 1.80 bits per heavy atom. The van der Waals surface area contributed by atoms with Crippen molar-refractivity contribution in [3.05, 3.63) is 41.0 Å². The number of esters is 2. The summed E-state index contributed by atoms with van der Waals surface area (Å²) in [6.45, 7) is 5.46. The summed E-state index contributed by atoms with van der Waals surface area (Å²) in [5.41, 5.74) is 0.403. The first-order valence-electron chi connectivity index (χ1n) is 8.05. The van der Waals surface area contributed by atoms with Gasteiger partial charge in [0.05, 0.1) is 11.5 Å². The lowest BCUT2D eigenvalue weighted by molar-refractivity contribution is -0.149. The molecule has 0 bridgehead atoms. The lowest BCUT2D eigenvalue weighted by atomic mass is 9.86. The standard InChI is InChI=1S/C18H22O6S/c1-5-18(3)14(15(17(20)24-18)16(19)23-6-2)11-12-7-9-13(10-8-12)25(4,21)22/h7-10H,5-6,11H2,1-4H3. The molecule has 0 spiro atoms. The quantitative estimate of drug-likeness (QED) is 0.567. The zero-order valence-corrected chi connectivity index (χ0v) is 15.6. The van der Waals surface area contributed by atoms with E-state index in [9.17, 15) is 18.0 Å². The smallest absolute Gasteiger partial charge is 0.346 e. The highest BCUT2D eigenvalue weighted by Crippen LogP contribution is 2.38. The van der Waals surface area contributed by atoms with Crippen molar-refractivity contribution in [1.82, 2.24) is 0 Å². The van der Waals surface area contributed by atoms with Gasteiger partial charge in [0.2, 0.25) is 0 Å². The van der Waals surface area contributed by atoms with E-state index < -0.39 is 27.4 Å². The highest BCUT2D eigenvalue weighted by atomic mass is 32.2. The maximum Gasteiger partial charge on any atom is 0.346 e. The molecule has 1 heterocycles. The van der Waals surface area contributed by atoms with Gasteiger partial charge in [-0.25, -0.2) is 18.0 Å². The summed E-state index contributed by atoms with van der Waals surface area (Å²) in [6.07, 6.45) is 1.95. The van der Waals surface area contributed by atoms with Crippen LogP contribution in [0.2, 0.25) is 0 Å². The van der Waals surface area contributed by atoms with Gasteiger partial charge in [-0.1, -0.05) is 19.1 Å². The topological polar surface area (TPSA) is 86.7 Å². The summed E-state index contributed by atoms with van der Waals surface area (Å²) >= 11 is 0. The molecule has 1 aromatic carbocycles. The van der Waals surface area contributed by atoms with Crippen LogP contribution in [0.5, 0.6) is 0 Å². The van der Waals surface area contributed by atoms with Crippen molar-refractivity contribution in [3.8, 4) is 0 Å². The van der Waals surface area contributed by atoms with Crippen LogP contribution in [-0.4, -0.2) is 38.8 Å². The second-order valence-electron chi connectivity index (χ2n) is 6.14. The van der Waals surface area contributed by atoms with E-state index in [0.29, 0.717) is 18.4 Å². The molecule has 136 valence electrons. The molecule has 1 unspecified atom stereocenters. The Kier molecular flexibility index (Phi) is 5.37. The van der Waals surface area contributed by atoms with Gasteiger partial charge in [-0.15, -0.1) is 0 Å². The van der Waals surface area contributed by atoms with Gasteiger partial charge in [-0.05, 0) is 50.0 Å². The number of sulfone groups is 1. The summed E-state index contributed by atoms with van der Waals surface area (Å²) < 4.78 is 33.5. The summed E-state index contributed by atoms with van der Waals surface area (Å²) in [5, 5.41) is 0. The summed E-state index contributed by atoms with van der Waals surface area (Å²) in [4.78, 5) is 24.6. The minimum Gasteiger partial charge on any atom is -0.462 e. The molecule has 1 aliphatic rings. The highest BCUT2D eigenvalue weighted by molar-refractivity contribution is 7.90. The van der Waals surface area contributed by atoms with Gasteiger partial charge < -0.3 is 9.47 Å². The van der Waals surface area contributed by atoms with E-state index in [2.05, 4.69) is 0 Å². The van der Waals surface area contributed by atoms with E-state index in [-0.39, 0.29) is 17.1 Å². The van der Waals surface area contributed by atoms with Crippen LogP contribution < -0.4 is 0 Å². The number of hydrogen-bond donors (Lipinski definition) is 0. The molecule has 6 nitrogen and oxygen atoms in total. The van der Waals surface area contributed by atoms with Crippen molar-refractivity contribution in [1.29, 1.82) is 0 Å². The highest BCUT2D eigenvalue weighted by Gasteiger charge is 2.45. The maximum absolute atomic E-state index is 12.2. The van der Waals surface area contributed by atoms with Crippen LogP contribution in [0, 0.1) is 0 Å². The molecule has 0 radical (unpaired) electrons. The van der Waals surface area contributed by atoms with Gasteiger partial charge in [0.25, 0.3) is 0 Å². The van der Waals surface area contributed by atoms with E-state index in [1.807, 2.05) is 6.92 Å². The van der Waals surface area contributed by atoms with Crippen LogP contribution in [0.3, 0.4) is 0 Å². The van der Waals surface area contributed by atoms with Crippen LogP contribution >= 0.6 is 0 Å². The molecule has 2 rings (SSSR count). The molecule has 0 aliphatic carbocycles. The average molecular weight is 366 g/mol. The summed E-state index contributed by atoms with van der Waals surface area (Å²) in [5.74, 6) is -1.36. The maximum atomic E-state index is 12.2. The molecule has 0 saturated heterocycles. The van der Waals surface area contributed by atoms with E-state index >= 15 is 0 Å². The molecule has 0 amide bonds. The Bertz CT molecular complexity index is 820. The third kappa shape index (κ3) is 3.92. The molecule has 0 aromatic heterocycles. The monoisotopic (exact) mass is 366 g/mol. The molecule has 7 heteroatoms. The van der Waals surface area contributed by atoms with Crippen molar-refractivity contribution in [2.45, 2.75) is 44.1 Å². The van der Waals surface area contributed by atoms with Gasteiger partial charge in [0.1, 0.15) is 11.2 Å². The zero-order valence-electron chi connectivity index (χ0n) is 14.8. The first-order chi connectivity index (χ1) is 11.6. The third-order valence-corrected chi connectivity index (χ3v) is 5.48. The van der Waals surface area contributed by atoms with Crippen LogP contribution in [0.1, 0.15) is 32.8 Å².